The Bertz CT molecular complexity index is 1360. The van der Waals surface area contributed by atoms with Gasteiger partial charge in [-0.1, -0.05) is 30.1 Å². The van der Waals surface area contributed by atoms with Gasteiger partial charge in [-0.15, -0.1) is 0 Å². The summed E-state index contributed by atoms with van der Waals surface area (Å²) in [5.74, 6) is -0.379. The fourth-order valence-corrected chi connectivity index (χ4v) is 6.10. The van der Waals surface area contributed by atoms with Gasteiger partial charge in [0.1, 0.15) is 23.9 Å². The molecule has 2 aromatic heterocycles. The minimum atomic E-state index is -2.74. The van der Waals surface area contributed by atoms with Crippen molar-refractivity contribution in [1.29, 1.82) is 0 Å². The lowest BCUT2D eigenvalue weighted by atomic mass is 10.0. The molecule has 2 saturated heterocycles. The molecular weight excluding hydrogens is 540 g/mol. The van der Waals surface area contributed by atoms with Crippen LogP contribution in [0.25, 0.3) is 22.6 Å². The molecule has 2 fully saturated rings. The average Bonchev–Trinajstić information content (AvgIpc) is 3.57. The van der Waals surface area contributed by atoms with Crippen LogP contribution in [0.1, 0.15) is 50.1 Å². The summed E-state index contributed by atoms with van der Waals surface area (Å²) >= 11 is 6.67. The predicted octanol–water partition coefficient (Wildman–Crippen LogP) is 5.84. The van der Waals surface area contributed by atoms with Gasteiger partial charge in [-0.3, -0.25) is 4.90 Å². The lowest BCUT2D eigenvalue weighted by Crippen LogP contribution is -2.50. The quantitative estimate of drug-likeness (QED) is 0.323. The summed E-state index contributed by atoms with van der Waals surface area (Å²) in [6, 6.07) is 5.37. The summed E-state index contributed by atoms with van der Waals surface area (Å²) in [6.07, 6.45) is 1.75. The lowest BCUT2D eigenvalue weighted by molar-refractivity contribution is -0.0191. The molecule has 2 bridgehead atoms. The van der Waals surface area contributed by atoms with Crippen LogP contribution in [0.4, 0.5) is 14.6 Å². The Hall–Kier alpha value is -2.82. The molecule has 0 unspecified atom stereocenters. The smallest absolute Gasteiger partial charge is 0.257 e. The molecule has 0 aliphatic carbocycles. The fraction of sp³-hybridized carbons (Fsp3) is 0.552. The van der Waals surface area contributed by atoms with Crippen molar-refractivity contribution >= 4 is 17.4 Å². The third-order valence-corrected chi connectivity index (χ3v) is 8.07. The first kappa shape index (κ1) is 28.7. The molecule has 8 nitrogen and oxygen atoms in total. The highest BCUT2D eigenvalue weighted by Crippen LogP contribution is 2.41. The van der Waals surface area contributed by atoms with Gasteiger partial charge < -0.3 is 19.3 Å². The van der Waals surface area contributed by atoms with E-state index in [1.54, 1.807) is 18.2 Å². The van der Waals surface area contributed by atoms with E-state index in [9.17, 15) is 13.9 Å². The SMILES string of the molecule is CCC[C@@H](O)COc1ccc(Cl)c(-c2nc(-c3c(C)noc3C)c(C)c(N3C[C@@H]4C[C@H]3CN4CC(C)(F)F)n2)c1. The third-order valence-electron chi connectivity index (χ3n) is 7.74. The normalized spacial score (nSPS) is 20.0. The van der Waals surface area contributed by atoms with Gasteiger partial charge in [0.2, 0.25) is 0 Å². The fourth-order valence-electron chi connectivity index (χ4n) is 5.90. The summed E-state index contributed by atoms with van der Waals surface area (Å²) in [7, 11) is 0. The molecule has 5 rings (SSSR count). The summed E-state index contributed by atoms with van der Waals surface area (Å²) in [4.78, 5) is 14.1. The first-order chi connectivity index (χ1) is 18.9. The van der Waals surface area contributed by atoms with Crippen molar-refractivity contribution in [3.05, 3.63) is 40.2 Å². The number of nitrogens with zero attached hydrogens (tertiary/aromatic N) is 5. The number of aliphatic hydroxyl groups is 1. The molecule has 4 heterocycles. The number of benzene rings is 1. The third kappa shape index (κ3) is 5.80. The second-order valence-electron chi connectivity index (χ2n) is 11.1. The highest BCUT2D eigenvalue weighted by molar-refractivity contribution is 6.33. The van der Waals surface area contributed by atoms with Crippen molar-refractivity contribution in [3.63, 3.8) is 0 Å². The van der Waals surface area contributed by atoms with Crippen LogP contribution in [0.15, 0.2) is 22.7 Å². The largest absolute Gasteiger partial charge is 0.491 e. The number of aryl methyl sites for hydroxylation is 2. The van der Waals surface area contributed by atoms with Gasteiger partial charge >= 0.3 is 0 Å². The number of halogens is 3. The number of ether oxygens (including phenoxy) is 1. The molecule has 0 spiro atoms. The number of aromatic nitrogens is 3. The molecule has 11 heteroatoms. The molecule has 0 radical (unpaired) electrons. The van der Waals surface area contributed by atoms with E-state index in [4.69, 9.17) is 30.8 Å². The Kier molecular flexibility index (Phi) is 8.05. The molecule has 0 amide bonds. The Morgan fingerprint density at radius 1 is 1.20 bits per heavy atom. The maximum atomic E-state index is 13.8. The zero-order valence-corrected chi connectivity index (χ0v) is 24.3. The van der Waals surface area contributed by atoms with Gasteiger partial charge in [-0.05, 0) is 51.8 Å². The lowest BCUT2D eigenvalue weighted by Gasteiger charge is -2.36. The molecule has 1 N–H and O–H groups in total. The predicted molar refractivity (Wildman–Crippen MR) is 150 cm³/mol. The highest BCUT2D eigenvalue weighted by atomic mass is 35.5. The van der Waals surface area contributed by atoms with Crippen LogP contribution < -0.4 is 9.64 Å². The molecule has 2 aliphatic heterocycles. The van der Waals surface area contributed by atoms with Crippen molar-refractivity contribution in [3.8, 4) is 28.4 Å². The van der Waals surface area contributed by atoms with E-state index in [1.165, 1.54) is 0 Å². The number of hydrogen-bond donors (Lipinski definition) is 1. The van der Waals surface area contributed by atoms with Crippen LogP contribution in [0.3, 0.4) is 0 Å². The van der Waals surface area contributed by atoms with E-state index in [2.05, 4.69) is 10.1 Å². The van der Waals surface area contributed by atoms with E-state index in [0.717, 1.165) is 36.7 Å². The summed E-state index contributed by atoms with van der Waals surface area (Å²) < 4.78 is 38.9. The summed E-state index contributed by atoms with van der Waals surface area (Å²) in [5, 5.41) is 14.7. The molecule has 2 aliphatic rings. The van der Waals surface area contributed by atoms with Crippen molar-refractivity contribution in [2.75, 3.05) is 31.1 Å². The van der Waals surface area contributed by atoms with Crippen LogP contribution >= 0.6 is 11.6 Å². The molecule has 3 aromatic rings. The number of anilines is 1. The zero-order chi connectivity index (χ0) is 28.8. The van der Waals surface area contributed by atoms with Crippen LogP contribution in [0, 0.1) is 20.8 Å². The topological polar surface area (TPSA) is 87.7 Å². The standard InChI is InChI=1S/C29H36ClF2N5O3/c1-6-7-21(38)14-39-22-8-9-24(30)23(11-22)27-33-26(25-17(3)35-40-18(25)4)16(2)28(34-27)37-13-19-10-20(37)12-36(19)15-29(5,31)32/h8-9,11,19-21,38H,6-7,10,12-15H2,1-5H3/t19-,20-,21+/m0/s1. The minimum Gasteiger partial charge on any atom is -0.491 e. The van der Waals surface area contributed by atoms with Crippen molar-refractivity contribution in [1.82, 2.24) is 20.0 Å². The van der Waals surface area contributed by atoms with Gasteiger partial charge in [-0.2, -0.15) is 0 Å². The maximum Gasteiger partial charge on any atom is 0.257 e. The Balaban J connectivity index is 1.54. The van der Waals surface area contributed by atoms with Crippen LogP contribution in [0.5, 0.6) is 5.75 Å². The Morgan fingerprint density at radius 2 is 1.98 bits per heavy atom. The van der Waals surface area contributed by atoms with Crippen molar-refractivity contribution in [2.45, 2.75) is 78.0 Å². The van der Waals surface area contributed by atoms with Gasteiger partial charge in [-0.25, -0.2) is 18.7 Å². The van der Waals surface area contributed by atoms with E-state index >= 15 is 0 Å². The number of hydrogen-bond acceptors (Lipinski definition) is 8. The number of piperazine rings is 1. The number of alkyl halides is 2. The van der Waals surface area contributed by atoms with Gasteiger partial charge in [0.05, 0.1) is 34.6 Å². The first-order valence-electron chi connectivity index (χ1n) is 13.8. The van der Waals surface area contributed by atoms with E-state index in [0.29, 0.717) is 58.8 Å². The molecule has 3 atom stereocenters. The second-order valence-corrected chi connectivity index (χ2v) is 11.5. The highest BCUT2D eigenvalue weighted by Gasteiger charge is 2.46. The van der Waals surface area contributed by atoms with Crippen LogP contribution in [-0.2, 0) is 0 Å². The van der Waals surface area contributed by atoms with Gasteiger partial charge in [0.15, 0.2) is 5.82 Å². The maximum absolute atomic E-state index is 13.8. The molecule has 0 saturated carbocycles. The molecule has 40 heavy (non-hydrogen) atoms. The molecule has 216 valence electrons. The van der Waals surface area contributed by atoms with Crippen molar-refractivity contribution in [2.24, 2.45) is 0 Å². The molecular formula is C29H36ClF2N5O3. The number of fused-ring (bicyclic) bond motifs is 2. The second kappa shape index (κ2) is 11.2. The molecule has 1 aromatic carbocycles. The Morgan fingerprint density at radius 3 is 2.60 bits per heavy atom. The minimum absolute atomic E-state index is 0.0334. The van der Waals surface area contributed by atoms with Gasteiger partial charge in [0, 0.05) is 43.2 Å². The van der Waals surface area contributed by atoms with E-state index in [1.807, 2.05) is 32.6 Å². The number of rotatable bonds is 10. The number of likely N-dealkylation sites (tertiary alicyclic amines) is 1. The summed E-state index contributed by atoms with van der Waals surface area (Å²) in [5.41, 5.74) is 3.66. The zero-order valence-electron chi connectivity index (χ0n) is 23.5. The Labute approximate surface area is 238 Å². The average molecular weight is 576 g/mol. The van der Waals surface area contributed by atoms with Crippen LogP contribution in [0.2, 0.25) is 5.02 Å². The monoisotopic (exact) mass is 575 g/mol. The van der Waals surface area contributed by atoms with E-state index < -0.39 is 12.0 Å². The first-order valence-corrected chi connectivity index (χ1v) is 14.1. The van der Waals surface area contributed by atoms with Gasteiger partial charge in [0.25, 0.3) is 5.92 Å². The van der Waals surface area contributed by atoms with Crippen molar-refractivity contribution < 1.29 is 23.1 Å². The van der Waals surface area contributed by atoms with Crippen LogP contribution in [-0.4, -0.2) is 75.5 Å². The summed E-state index contributed by atoms with van der Waals surface area (Å²) in [6.45, 7) is 9.76. The number of aliphatic hydroxyl groups excluding tert-OH is 1. The van der Waals surface area contributed by atoms with E-state index in [-0.39, 0.29) is 25.2 Å².